The van der Waals surface area contributed by atoms with Gasteiger partial charge < -0.3 is 4.42 Å². The smallest absolute Gasteiger partial charge is 0.270 e. The molecule has 1 aliphatic heterocycles. The van der Waals surface area contributed by atoms with E-state index in [9.17, 15) is 9.59 Å². The first-order valence-corrected chi connectivity index (χ1v) is 9.64. The van der Waals surface area contributed by atoms with Gasteiger partial charge in [0, 0.05) is 22.6 Å². The summed E-state index contributed by atoms with van der Waals surface area (Å²) in [5.74, 6) is -0.622. The number of benzene rings is 1. The van der Waals surface area contributed by atoms with Crippen LogP contribution in [0.1, 0.15) is 18.2 Å². The molecule has 1 aromatic heterocycles. The van der Waals surface area contributed by atoms with Gasteiger partial charge in [0.15, 0.2) is 8.88 Å². The normalized spacial score (nSPS) is 16.5. The molecule has 0 saturated carbocycles. The standard InChI is InChI=1S/C17H12BrIN2O3S/c1-2-9-3-5-10(6-4-9)21-16(23)12(15(22)20-17(21)25)7-11-8-13(18)14(19)24-11/h3-8H,2H2,1H3,(H,20,22,25)/b12-7+. The monoisotopic (exact) mass is 530 g/mol. The zero-order valence-corrected chi connectivity index (χ0v) is 17.6. The number of aryl methyl sites for hydroxylation is 1. The van der Waals surface area contributed by atoms with E-state index in [0.29, 0.717) is 15.2 Å². The van der Waals surface area contributed by atoms with E-state index in [1.54, 1.807) is 6.07 Å². The summed E-state index contributed by atoms with van der Waals surface area (Å²) in [6, 6.07) is 9.17. The summed E-state index contributed by atoms with van der Waals surface area (Å²) in [6.45, 7) is 2.05. The largest absolute Gasteiger partial charge is 0.450 e. The van der Waals surface area contributed by atoms with E-state index in [4.69, 9.17) is 16.6 Å². The van der Waals surface area contributed by atoms with E-state index in [0.717, 1.165) is 16.5 Å². The summed E-state index contributed by atoms with van der Waals surface area (Å²) in [5, 5.41) is 2.61. The van der Waals surface area contributed by atoms with Gasteiger partial charge in [-0.2, -0.15) is 0 Å². The molecule has 0 spiro atoms. The Morgan fingerprint density at radius 3 is 2.56 bits per heavy atom. The van der Waals surface area contributed by atoms with E-state index in [-0.39, 0.29) is 10.7 Å². The SMILES string of the molecule is CCc1ccc(N2C(=O)/C(=C/c3cc(Br)c(I)o3)C(=O)NC2=S)cc1. The van der Waals surface area contributed by atoms with Crippen molar-refractivity contribution in [2.75, 3.05) is 4.90 Å². The average Bonchev–Trinajstić information content (AvgIpc) is 2.90. The summed E-state index contributed by atoms with van der Waals surface area (Å²) in [6.07, 6.45) is 2.31. The van der Waals surface area contributed by atoms with E-state index in [2.05, 4.69) is 28.2 Å². The van der Waals surface area contributed by atoms with Crippen LogP contribution in [0, 0.1) is 3.77 Å². The van der Waals surface area contributed by atoms with Crippen molar-refractivity contribution in [3.63, 3.8) is 0 Å². The highest BCUT2D eigenvalue weighted by Crippen LogP contribution is 2.27. The number of furan rings is 1. The molecule has 2 aromatic rings. The number of rotatable bonds is 3. The Balaban J connectivity index is 1.98. The number of anilines is 1. The topological polar surface area (TPSA) is 62.6 Å². The van der Waals surface area contributed by atoms with Crippen LogP contribution in [0.15, 0.2) is 44.8 Å². The predicted molar refractivity (Wildman–Crippen MR) is 111 cm³/mol. The maximum absolute atomic E-state index is 12.9. The number of halogens is 2. The number of nitrogens with one attached hydrogen (secondary N) is 1. The molecule has 2 heterocycles. The number of nitrogens with zero attached hydrogens (tertiary/aromatic N) is 1. The highest BCUT2D eigenvalue weighted by Gasteiger charge is 2.34. The van der Waals surface area contributed by atoms with Crippen molar-refractivity contribution in [2.24, 2.45) is 0 Å². The minimum atomic E-state index is -0.543. The maximum Gasteiger partial charge on any atom is 0.270 e. The molecule has 2 amide bonds. The van der Waals surface area contributed by atoms with Crippen molar-refractivity contribution in [1.82, 2.24) is 5.32 Å². The summed E-state index contributed by atoms with van der Waals surface area (Å²) in [7, 11) is 0. The Hall–Kier alpha value is -1.52. The second-order valence-electron chi connectivity index (χ2n) is 5.25. The summed E-state index contributed by atoms with van der Waals surface area (Å²) in [4.78, 5) is 26.4. The van der Waals surface area contributed by atoms with Gasteiger partial charge in [-0.3, -0.25) is 19.8 Å². The second-order valence-corrected chi connectivity index (χ2v) is 7.47. The lowest BCUT2D eigenvalue weighted by molar-refractivity contribution is -0.122. The van der Waals surface area contributed by atoms with Crippen molar-refractivity contribution in [2.45, 2.75) is 13.3 Å². The van der Waals surface area contributed by atoms with Crippen LogP contribution in [0.2, 0.25) is 0 Å². The van der Waals surface area contributed by atoms with Crippen LogP contribution in [-0.2, 0) is 16.0 Å². The van der Waals surface area contributed by atoms with Crippen LogP contribution in [-0.4, -0.2) is 16.9 Å². The van der Waals surface area contributed by atoms with Crippen molar-refractivity contribution in [3.8, 4) is 0 Å². The van der Waals surface area contributed by atoms with Crippen LogP contribution >= 0.6 is 50.7 Å². The molecule has 1 fully saturated rings. The molecule has 8 heteroatoms. The van der Waals surface area contributed by atoms with Gasteiger partial charge in [0.2, 0.25) is 0 Å². The molecule has 1 saturated heterocycles. The van der Waals surface area contributed by atoms with Crippen LogP contribution in [0.5, 0.6) is 0 Å². The fourth-order valence-electron chi connectivity index (χ4n) is 2.35. The van der Waals surface area contributed by atoms with Gasteiger partial charge in [0.25, 0.3) is 11.8 Å². The minimum Gasteiger partial charge on any atom is -0.450 e. The predicted octanol–water partition coefficient (Wildman–Crippen LogP) is 4.04. The second kappa shape index (κ2) is 7.38. The van der Waals surface area contributed by atoms with Gasteiger partial charge in [-0.25, -0.2) is 0 Å². The Morgan fingerprint density at radius 1 is 1.32 bits per heavy atom. The molecule has 1 N–H and O–H groups in total. The van der Waals surface area contributed by atoms with Gasteiger partial charge in [0.05, 0.1) is 10.2 Å². The molecule has 128 valence electrons. The molecule has 25 heavy (non-hydrogen) atoms. The minimum absolute atomic E-state index is 0.0363. The molecular formula is C17H12BrIN2O3S. The molecule has 0 aliphatic carbocycles. The lowest BCUT2D eigenvalue weighted by Crippen LogP contribution is -2.54. The third-order valence-electron chi connectivity index (χ3n) is 3.66. The van der Waals surface area contributed by atoms with Gasteiger partial charge in [-0.1, -0.05) is 19.1 Å². The maximum atomic E-state index is 12.9. The van der Waals surface area contributed by atoms with E-state index in [1.165, 1.54) is 11.0 Å². The highest BCUT2D eigenvalue weighted by atomic mass is 127. The van der Waals surface area contributed by atoms with E-state index < -0.39 is 11.8 Å². The van der Waals surface area contributed by atoms with Gasteiger partial charge >= 0.3 is 0 Å². The summed E-state index contributed by atoms with van der Waals surface area (Å²) in [5.41, 5.74) is 1.72. The Kier molecular flexibility index (Phi) is 5.40. The first kappa shape index (κ1) is 18.3. The molecule has 0 unspecified atom stereocenters. The number of carbonyl (C=O) groups excluding carboxylic acids is 2. The van der Waals surface area contributed by atoms with Crippen molar-refractivity contribution >= 4 is 79.4 Å². The third kappa shape index (κ3) is 3.70. The van der Waals surface area contributed by atoms with Gasteiger partial charge in [-0.15, -0.1) is 0 Å². The molecule has 0 radical (unpaired) electrons. The fourth-order valence-corrected chi connectivity index (χ4v) is 3.35. The fraction of sp³-hybridized carbons (Fsp3) is 0.118. The van der Waals surface area contributed by atoms with Crippen molar-refractivity contribution in [3.05, 3.63) is 55.5 Å². The third-order valence-corrected chi connectivity index (χ3v) is 6.07. The number of thiocarbonyl (C=S) groups is 1. The Bertz CT molecular complexity index is 886. The Morgan fingerprint density at radius 2 is 2.00 bits per heavy atom. The quantitative estimate of drug-likeness (QED) is 0.281. The number of carbonyl (C=O) groups is 2. The molecule has 1 aliphatic rings. The Labute approximate surface area is 171 Å². The first-order valence-electron chi connectivity index (χ1n) is 7.36. The van der Waals surface area contributed by atoms with Crippen LogP contribution in [0.4, 0.5) is 5.69 Å². The van der Waals surface area contributed by atoms with E-state index >= 15 is 0 Å². The number of amides is 2. The van der Waals surface area contributed by atoms with Gasteiger partial charge in [0.1, 0.15) is 11.3 Å². The van der Waals surface area contributed by atoms with Crippen molar-refractivity contribution < 1.29 is 14.0 Å². The molecule has 0 atom stereocenters. The molecule has 3 rings (SSSR count). The van der Waals surface area contributed by atoms with Gasteiger partial charge in [-0.05, 0) is 64.4 Å². The molecular weight excluding hydrogens is 519 g/mol. The number of hydrogen-bond acceptors (Lipinski definition) is 4. The van der Waals surface area contributed by atoms with Crippen LogP contribution in [0.3, 0.4) is 0 Å². The average molecular weight is 531 g/mol. The zero-order valence-electron chi connectivity index (χ0n) is 13.0. The van der Waals surface area contributed by atoms with Crippen molar-refractivity contribution in [1.29, 1.82) is 0 Å². The molecule has 0 bridgehead atoms. The summed E-state index contributed by atoms with van der Waals surface area (Å²) >= 11 is 10.5. The lowest BCUT2D eigenvalue weighted by atomic mass is 10.1. The molecule has 1 aromatic carbocycles. The lowest BCUT2D eigenvalue weighted by Gasteiger charge is -2.28. The summed E-state index contributed by atoms with van der Waals surface area (Å²) < 4.78 is 6.88. The first-order chi connectivity index (χ1) is 11.9. The number of hydrogen-bond donors (Lipinski definition) is 1. The van der Waals surface area contributed by atoms with Crippen LogP contribution in [0.25, 0.3) is 6.08 Å². The van der Waals surface area contributed by atoms with E-state index in [1.807, 2.05) is 46.9 Å². The zero-order chi connectivity index (χ0) is 18.1. The highest BCUT2D eigenvalue weighted by molar-refractivity contribution is 14.1. The van der Waals surface area contributed by atoms with Crippen LogP contribution < -0.4 is 10.2 Å². The molecule has 5 nitrogen and oxygen atoms in total.